The van der Waals surface area contributed by atoms with Gasteiger partial charge >= 0.3 is 5.97 Å². The minimum Gasteiger partial charge on any atom is -0.464 e. The molecule has 2 aromatic heterocycles. The van der Waals surface area contributed by atoms with Crippen molar-refractivity contribution in [3.63, 3.8) is 0 Å². The molecule has 5 rings (SSSR count). The van der Waals surface area contributed by atoms with Crippen LogP contribution in [0.15, 0.2) is 65.9 Å². The highest BCUT2D eigenvalue weighted by atomic mass is 16.5. The zero-order valence-corrected chi connectivity index (χ0v) is 25.3. The topological polar surface area (TPSA) is 113 Å². The van der Waals surface area contributed by atoms with Gasteiger partial charge in [0.05, 0.1) is 23.2 Å². The van der Waals surface area contributed by atoms with Crippen molar-refractivity contribution in [2.45, 2.75) is 45.8 Å². The number of amides is 1. The van der Waals surface area contributed by atoms with Crippen LogP contribution in [-0.2, 0) is 9.53 Å². The number of para-hydroxylation sites is 1. The maximum Gasteiger partial charge on any atom is 0.342 e. The SMILES string of the molecule is C=CC(=O)Nc1cc(Nc2ncc(C(=O)OC(C)C)c(-c3coc4ccccc34)n2)c(C)cc1N(C)C[C@H]1CCCN1C. The van der Waals surface area contributed by atoms with E-state index in [2.05, 4.69) is 39.0 Å². The average molecular weight is 583 g/mol. The number of hydrogen-bond acceptors (Lipinski definition) is 9. The van der Waals surface area contributed by atoms with Crippen molar-refractivity contribution in [1.82, 2.24) is 14.9 Å². The van der Waals surface area contributed by atoms with Crippen LogP contribution in [0, 0.1) is 6.92 Å². The smallest absolute Gasteiger partial charge is 0.342 e. The van der Waals surface area contributed by atoms with E-state index in [1.54, 1.807) is 20.1 Å². The summed E-state index contributed by atoms with van der Waals surface area (Å²) >= 11 is 0. The second-order valence-electron chi connectivity index (χ2n) is 11.2. The van der Waals surface area contributed by atoms with E-state index in [-0.39, 0.29) is 23.5 Å². The summed E-state index contributed by atoms with van der Waals surface area (Å²) in [5, 5.41) is 7.08. The summed E-state index contributed by atoms with van der Waals surface area (Å²) in [6.07, 6.45) is 6.32. The van der Waals surface area contributed by atoms with Gasteiger partial charge in [-0.1, -0.05) is 24.8 Å². The van der Waals surface area contributed by atoms with Crippen LogP contribution in [0.3, 0.4) is 0 Å². The molecule has 0 radical (unpaired) electrons. The quantitative estimate of drug-likeness (QED) is 0.168. The Morgan fingerprint density at radius 2 is 2.05 bits per heavy atom. The number of esters is 1. The summed E-state index contributed by atoms with van der Waals surface area (Å²) in [7, 11) is 4.19. The molecule has 0 bridgehead atoms. The summed E-state index contributed by atoms with van der Waals surface area (Å²) in [6.45, 7) is 11.1. The molecule has 1 aliphatic heterocycles. The second-order valence-corrected chi connectivity index (χ2v) is 11.2. The van der Waals surface area contributed by atoms with E-state index >= 15 is 0 Å². The van der Waals surface area contributed by atoms with Crippen LogP contribution in [0.4, 0.5) is 23.0 Å². The fourth-order valence-electron chi connectivity index (χ4n) is 5.41. The lowest BCUT2D eigenvalue weighted by Crippen LogP contribution is -2.37. The van der Waals surface area contributed by atoms with Crippen LogP contribution in [0.2, 0.25) is 0 Å². The monoisotopic (exact) mass is 582 g/mol. The Morgan fingerprint density at radius 1 is 1.26 bits per heavy atom. The van der Waals surface area contributed by atoms with E-state index in [0.29, 0.717) is 34.3 Å². The molecule has 43 heavy (non-hydrogen) atoms. The molecule has 4 aromatic rings. The number of rotatable bonds is 10. The van der Waals surface area contributed by atoms with E-state index in [0.717, 1.165) is 36.1 Å². The molecule has 0 spiro atoms. The van der Waals surface area contributed by atoms with Crippen molar-refractivity contribution >= 4 is 45.9 Å². The van der Waals surface area contributed by atoms with Crippen molar-refractivity contribution in [2.24, 2.45) is 0 Å². The maximum absolute atomic E-state index is 13.0. The number of benzene rings is 2. The lowest BCUT2D eigenvalue weighted by atomic mass is 10.1. The predicted molar refractivity (Wildman–Crippen MR) is 170 cm³/mol. The van der Waals surface area contributed by atoms with E-state index in [4.69, 9.17) is 14.1 Å². The molecule has 1 amide bonds. The van der Waals surface area contributed by atoms with Gasteiger partial charge in [0.2, 0.25) is 11.9 Å². The molecular weight excluding hydrogens is 544 g/mol. The first-order chi connectivity index (χ1) is 20.6. The third-order valence-electron chi connectivity index (χ3n) is 7.69. The molecule has 10 nitrogen and oxygen atoms in total. The summed E-state index contributed by atoms with van der Waals surface area (Å²) in [6, 6.07) is 11.9. The van der Waals surface area contributed by atoms with Gasteiger partial charge in [-0.15, -0.1) is 0 Å². The van der Waals surface area contributed by atoms with E-state index in [9.17, 15) is 9.59 Å². The summed E-state index contributed by atoms with van der Waals surface area (Å²) in [5.41, 5.74) is 5.13. The Balaban J connectivity index is 1.52. The van der Waals surface area contributed by atoms with E-state index < -0.39 is 5.97 Å². The first-order valence-electron chi connectivity index (χ1n) is 14.5. The molecule has 1 aliphatic rings. The Morgan fingerprint density at radius 3 is 2.77 bits per heavy atom. The molecule has 3 heterocycles. The fourth-order valence-corrected chi connectivity index (χ4v) is 5.41. The number of nitrogens with zero attached hydrogens (tertiary/aromatic N) is 4. The van der Waals surface area contributed by atoms with Crippen LogP contribution in [-0.4, -0.2) is 66.1 Å². The van der Waals surface area contributed by atoms with Crippen molar-refractivity contribution in [2.75, 3.05) is 42.7 Å². The first-order valence-corrected chi connectivity index (χ1v) is 14.5. The lowest BCUT2D eigenvalue weighted by Gasteiger charge is -2.29. The molecule has 1 saturated heterocycles. The molecule has 1 fully saturated rings. The Hall–Kier alpha value is -4.70. The number of hydrogen-bond donors (Lipinski definition) is 2. The Kier molecular flexibility index (Phi) is 8.77. The zero-order chi connectivity index (χ0) is 30.7. The molecule has 10 heteroatoms. The van der Waals surface area contributed by atoms with Crippen molar-refractivity contribution in [3.8, 4) is 11.3 Å². The van der Waals surface area contributed by atoms with Gasteiger partial charge in [0.25, 0.3) is 0 Å². The van der Waals surface area contributed by atoms with Gasteiger partial charge in [-0.05, 0) is 77.0 Å². The molecule has 2 N–H and O–H groups in total. The molecule has 1 atom stereocenters. The van der Waals surface area contributed by atoms with Gasteiger partial charge < -0.3 is 29.6 Å². The molecular formula is C33H38N6O4. The van der Waals surface area contributed by atoms with Crippen LogP contribution >= 0.6 is 0 Å². The number of carbonyl (C=O) groups excluding carboxylic acids is 2. The fraction of sp³-hybridized carbons (Fsp3) is 0.333. The highest BCUT2D eigenvalue weighted by molar-refractivity contribution is 6.03. The van der Waals surface area contributed by atoms with Crippen molar-refractivity contribution in [1.29, 1.82) is 0 Å². The minimum absolute atomic E-state index is 0.232. The number of furan rings is 1. The number of fused-ring (bicyclic) bond motifs is 1. The number of nitrogens with one attached hydrogen (secondary N) is 2. The van der Waals surface area contributed by atoms with Crippen LogP contribution in [0.5, 0.6) is 0 Å². The van der Waals surface area contributed by atoms with Gasteiger partial charge in [-0.2, -0.15) is 0 Å². The van der Waals surface area contributed by atoms with Gasteiger partial charge in [0.15, 0.2) is 0 Å². The summed E-state index contributed by atoms with van der Waals surface area (Å²) in [4.78, 5) is 39.2. The number of aryl methyl sites for hydroxylation is 1. The van der Waals surface area contributed by atoms with Crippen LogP contribution < -0.4 is 15.5 Å². The predicted octanol–water partition coefficient (Wildman–Crippen LogP) is 6.16. The normalized spacial score (nSPS) is 15.1. The number of aromatic nitrogens is 2. The summed E-state index contributed by atoms with van der Waals surface area (Å²) in [5.74, 6) is -0.548. The molecule has 0 aliphatic carbocycles. The standard InChI is InChI=1S/C33H38N6O4/c1-7-30(40)35-27-16-26(21(4)15-28(27)39(6)18-22-11-10-14-38(22)5)36-33-34-17-24(32(41)43-20(2)3)31(37-33)25-19-42-29-13-9-8-12-23(25)29/h7-9,12-13,15-17,19-20,22H,1,10-11,14,18H2,2-6H3,(H,35,40)(H,34,36,37)/t22-/m1/s1. The average Bonchev–Trinajstić information content (AvgIpc) is 3.59. The third-order valence-corrected chi connectivity index (χ3v) is 7.69. The number of ether oxygens (including phenoxy) is 1. The Labute approximate surface area is 251 Å². The minimum atomic E-state index is -0.521. The summed E-state index contributed by atoms with van der Waals surface area (Å²) < 4.78 is 11.3. The van der Waals surface area contributed by atoms with Crippen molar-refractivity contribution in [3.05, 3.63) is 72.6 Å². The van der Waals surface area contributed by atoms with Gasteiger partial charge in [-0.3, -0.25) is 4.79 Å². The molecule has 0 unspecified atom stereocenters. The van der Waals surface area contributed by atoms with Crippen LogP contribution in [0.1, 0.15) is 42.6 Å². The first kappa shape index (κ1) is 29.8. The molecule has 224 valence electrons. The third kappa shape index (κ3) is 6.54. The van der Waals surface area contributed by atoms with Gasteiger partial charge in [-0.25, -0.2) is 14.8 Å². The second kappa shape index (κ2) is 12.7. The molecule has 0 saturated carbocycles. The number of carbonyl (C=O) groups is 2. The maximum atomic E-state index is 13.0. The highest BCUT2D eigenvalue weighted by Crippen LogP contribution is 2.36. The van der Waals surface area contributed by atoms with Crippen LogP contribution in [0.25, 0.3) is 22.2 Å². The molecule has 2 aromatic carbocycles. The van der Waals surface area contributed by atoms with Gasteiger partial charge in [0.1, 0.15) is 17.4 Å². The lowest BCUT2D eigenvalue weighted by molar-refractivity contribution is -0.111. The largest absolute Gasteiger partial charge is 0.464 e. The Bertz CT molecular complexity index is 1660. The van der Waals surface area contributed by atoms with E-state index in [1.165, 1.54) is 18.7 Å². The zero-order valence-electron chi connectivity index (χ0n) is 25.3. The van der Waals surface area contributed by atoms with E-state index in [1.807, 2.05) is 50.4 Å². The highest BCUT2D eigenvalue weighted by Gasteiger charge is 2.25. The van der Waals surface area contributed by atoms with Crippen molar-refractivity contribution < 1.29 is 18.7 Å². The number of likely N-dealkylation sites (tertiary alicyclic amines) is 1. The number of anilines is 4. The van der Waals surface area contributed by atoms with Gasteiger partial charge in [0, 0.05) is 42.5 Å². The number of likely N-dealkylation sites (N-methyl/N-ethyl adjacent to an activating group) is 2.